The number of aromatic nitrogens is 1. The van der Waals surface area contributed by atoms with Crippen molar-refractivity contribution in [3.05, 3.63) is 64.9 Å². The highest BCUT2D eigenvalue weighted by Crippen LogP contribution is 2.10. The van der Waals surface area contributed by atoms with E-state index in [1.54, 1.807) is 24.3 Å². The summed E-state index contributed by atoms with van der Waals surface area (Å²) in [5.74, 6) is -0.975. The van der Waals surface area contributed by atoms with E-state index in [1.807, 2.05) is 0 Å². The first-order chi connectivity index (χ1) is 9.18. The molecule has 0 aliphatic heterocycles. The van der Waals surface area contributed by atoms with E-state index < -0.39 is 11.8 Å². The van der Waals surface area contributed by atoms with Gasteiger partial charge >= 0.3 is 0 Å². The lowest BCUT2D eigenvalue weighted by molar-refractivity contribution is 0.0846. The van der Waals surface area contributed by atoms with Gasteiger partial charge in [0, 0.05) is 11.8 Å². The van der Waals surface area contributed by atoms with Crippen LogP contribution in [0.15, 0.2) is 42.6 Å². The van der Waals surface area contributed by atoms with Crippen molar-refractivity contribution in [1.29, 1.82) is 0 Å². The van der Waals surface area contributed by atoms with Crippen molar-refractivity contribution in [3.8, 4) is 0 Å². The van der Waals surface area contributed by atoms with Gasteiger partial charge in [-0.1, -0.05) is 23.7 Å². The maximum atomic E-state index is 11.7. The minimum absolute atomic E-state index is 0.0716. The van der Waals surface area contributed by atoms with Crippen LogP contribution in [0, 0.1) is 6.07 Å². The maximum absolute atomic E-state index is 11.7. The minimum atomic E-state index is -0.536. The van der Waals surface area contributed by atoms with E-state index in [2.05, 4.69) is 21.9 Å². The van der Waals surface area contributed by atoms with Crippen LogP contribution in [-0.4, -0.2) is 16.8 Å². The molecule has 0 atom stereocenters. The Labute approximate surface area is 114 Å². The van der Waals surface area contributed by atoms with Crippen molar-refractivity contribution in [2.45, 2.75) is 0 Å². The summed E-state index contributed by atoms with van der Waals surface area (Å²) in [5.41, 5.74) is 5.11. The standard InChI is InChI=1S/C13H9ClN3O2/c14-11-10(7-4-8-15-11)13(19)17-16-12(18)9-5-2-1-3-6-9/h1-2,4-8H,(H,16,18)(H,17,19). The first-order valence-electron chi connectivity index (χ1n) is 5.36. The number of pyridine rings is 1. The van der Waals surface area contributed by atoms with Gasteiger partial charge in [0.15, 0.2) is 0 Å². The summed E-state index contributed by atoms with van der Waals surface area (Å²) in [6.07, 6.45) is 1.47. The van der Waals surface area contributed by atoms with Crippen molar-refractivity contribution in [1.82, 2.24) is 15.8 Å². The zero-order chi connectivity index (χ0) is 13.7. The fraction of sp³-hybridized carbons (Fsp3) is 0. The number of carbonyl (C=O) groups excluding carboxylic acids is 2. The normalized spacial score (nSPS) is 9.74. The Kier molecular flexibility index (Phi) is 4.10. The smallest absolute Gasteiger partial charge is 0.267 e. The summed E-state index contributed by atoms with van der Waals surface area (Å²) in [7, 11) is 0. The van der Waals surface area contributed by atoms with E-state index in [-0.39, 0.29) is 10.7 Å². The quantitative estimate of drug-likeness (QED) is 0.646. The number of hydrogen-bond donors (Lipinski definition) is 2. The van der Waals surface area contributed by atoms with Crippen LogP contribution >= 0.6 is 11.6 Å². The molecule has 0 aliphatic carbocycles. The molecule has 0 spiro atoms. The first kappa shape index (κ1) is 13.0. The van der Waals surface area contributed by atoms with Crippen LogP contribution in [0.2, 0.25) is 5.15 Å². The average molecular weight is 275 g/mol. The van der Waals surface area contributed by atoms with E-state index >= 15 is 0 Å². The Morgan fingerprint density at radius 1 is 1.16 bits per heavy atom. The van der Waals surface area contributed by atoms with Crippen LogP contribution in [0.4, 0.5) is 0 Å². The van der Waals surface area contributed by atoms with E-state index in [1.165, 1.54) is 18.3 Å². The Morgan fingerprint density at radius 2 is 1.95 bits per heavy atom. The molecule has 2 N–H and O–H groups in total. The van der Waals surface area contributed by atoms with Gasteiger partial charge in [0.1, 0.15) is 5.15 Å². The lowest BCUT2D eigenvalue weighted by Crippen LogP contribution is -2.41. The number of amides is 2. The van der Waals surface area contributed by atoms with Crippen LogP contribution in [0.5, 0.6) is 0 Å². The third kappa shape index (κ3) is 3.29. The van der Waals surface area contributed by atoms with Crippen molar-refractivity contribution in [2.75, 3.05) is 0 Å². The Bertz CT molecular complexity index is 602. The van der Waals surface area contributed by atoms with E-state index in [0.717, 1.165) is 0 Å². The summed E-state index contributed by atoms with van der Waals surface area (Å²) < 4.78 is 0. The molecule has 0 fully saturated rings. The molecule has 6 heteroatoms. The van der Waals surface area contributed by atoms with E-state index in [9.17, 15) is 9.59 Å². The molecule has 2 amide bonds. The molecule has 1 heterocycles. The molecule has 0 bridgehead atoms. The van der Waals surface area contributed by atoms with E-state index in [0.29, 0.717) is 5.56 Å². The Hall–Kier alpha value is -2.40. The van der Waals surface area contributed by atoms with Crippen molar-refractivity contribution >= 4 is 23.4 Å². The molecule has 1 aromatic carbocycles. The number of halogens is 1. The van der Waals surface area contributed by atoms with Gasteiger partial charge in [-0.05, 0) is 30.3 Å². The molecule has 2 aromatic rings. The Balaban J connectivity index is 1.98. The van der Waals surface area contributed by atoms with Crippen LogP contribution in [0.3, 0.4) is 0 Å². The first-order valence-corrected chi connectivity index (χ1v) is 5.73. The molecule has 0 saturated heterocycles. The number of hydrogen-bond acceptors (Lipinski definition) is 3. The van der Waals surface area contributed by atoms with Crippen molar-refractivity contribution in [3.63, 3.8) is 0 Å². The van der Waals surface area contributed by atoms with Gasteiger partial charge in [-0.25, -0.2) is 4.98 Å². The lowest BCUT2D eigenvalue weighted by Gasteiger charge is -2.07. The predicted molar refractivity (Wildman–Crippen MR) is 69.5 cm³/mol. The van der Waals surface area contributed by atoms with Crippen LogP contribution < -0.4 is 10.9 Å². The molecule has 1 aromatic heterocycles. The van der Waals surface area contributed by atoms with Gasteiger partial charge < -0.3 is 0 Å². The van der Waals surface area contributed by atoms with Crippen molar-refractivity contribution < 1.29 is 9.59 Å². The third-order valence-electron chi connectivity index (χ3n) is 2.26. The fourth-order valence-corrected chi connectivity index (χ4v) is 1.55. The number of nitrogens with zero attached hydrogens (tertiary/aromatic N) is 1. The molecule has 0 saturated carbocycles. The zero-order valence-corrected chi connectivity index (χ0v) is 10.4. The molecule has 5 nitrogen and oxygen atoms in total. The van der Waals surface area contributed by atoms with Crippen molar-refractivity contribution in [2.24, 2.45) is 0 Å². The summed E-state index contributed by atoms with van der Waals surface area (Å²) in [6.45, 7) is 0. The van der Waals surface area contributed by atoms with Gasteiger partial charge in [0.05, 0.1) is 5.56 Å². The average Bonchev–Trinajstić information content (AvgIpc) is 2.46. The summed E-state index contributed by atoms with van der Waals surface area (Å²) in [5, 5.41) is 0.0716. The number of carbonyl (C=O) groups is 2. The SMILES string of the molecule is O=C(NNC(=O)c1cccnc1Cl)c1c[c]ccc1. The maximum Gasteiger partial charge on any atom is 0.272 e. The van der Waals surface area contributed by atoms with Gasteiger partial charge in [-0.3, -0.25) is 20.4 Å². The van der Waals surface area contributed by atoms with Crippen LogP contribution in [0.1, 0.15) is 20.7 Å². The fourth-order valence-electron chi connectivity index (χ4n) is 1.34. The second-order valence-electron chi connectivity index (χ2n) is 3.54. The van der Waals surface area contributed by atoms with Gasteiger partial charge in [0.2, 0.25) is 0 Å². The molecular weight excluding hydrogens is 266 g/mol. The van der Waals surface area contributed by atoms with Gasteiger partial charge in [-0.2, -0.15) is 0 Å². The number of nitrogens with one attached hydrogen (secondary N) is 2. The minimum Gasteiger partial charge on any atom is -0.267 e. The molecular formula is C13H9ClN3O2. The lowest BCUT2D eigenvalue weighted by atomic mass is 10.2. The second kappa shape index (κ2) is 5.97. The largest absolute Gasteiger partial charge is 0.272 e. The summed E-state index contributed by atoms with van der Waals surface area (Å²) >= 11 is 5.76. The predicted octanol–water partition coefficient (Wildman–Crippen LogP) is 1.61. The Morgan fingerprint density at radius 3 is 2.63 bits per heavy atom. The highest BCUT2D eigenvalue weighted by atomic mass is 35.5. The van der Waals surface area contributed by atoms with Crippen LogP contribution in [-0.2, 0) is 0 Å². The number of benzene rings is 1. The van der Waals surface area contributed by atoms with Crippen LogP contribution in [0.25, 0.3) is 0 Å². The zero-order valence-electron chi connectivity index (χ0n) is 9.68. The monoisotopic (exact) mass is 274 g/mol. The molecule has 95 valence electrons. The molecule has 19 heavy (non-hydrogen) atoms. The highest BCUT2D eigenvalue weighted by molar-refractivity contribution is 6.32. The molecule has 0 aliphatic rings. The topological polar surface area (TPSA) is 71.1 Å². The third-order valence-corrected chi connectivity index (χ3v) is 2.56. The van der Waals surface area contributed by atoms with E-state index in [4.69, 9.17) is 11.6 Å². The molecule has 0 unspecified atom stereocenters. The second-order valence-corrected chi connectivity index (χ2v) is 3.90. The number of rotatable bonds is 2. The molecule has 2 rings (SSSR count). The summed E-state index contributed by atoms with van der Waals surface area (Å²) in [4.78, 5) is 27.2. The molecule has 1 radical (unpaired) electrons. The number of hydrazine groups is 1. The van der Waals surface area contributed by atoms with Gasteiger partial charge in [-0.15, -0.1) is 0 Å². The van der Waals surface area contributed by atoms with Gasteiger partial charge in [0.25, 0.3) is 11.8 Å². The summed E-state index contributed by atoms with van der Waals surface area (Å²) in [6, 6.07) is 12.3. The highest BCUT2D eigenvalue weighted by Gasteiger charge is 2.11.